The normalized spacial score (nSPS) is 20.1. The largest absolute Gasteiger partial charge is 0.627 e. The topological polar surface area (TPSA) is 58.3 Å². The average molecular weight is 229 g/mol. The number of rotatable bonds is 1. The van der Waals surface area contributed by atoms with Gasteiger partial charge >= 0.3 is 0 Å². The van der Waals surface area contributed by atoms with Crippen LogP contribution in [0.2, 0.25) is 5.02 Å². The molecule has 15 heavy (non-hydrogen) atoms. The van der Waals surface area contributed by atoms with Crippen LogP contribution in [0.1, 0.15) is 0 Å². The average Bonchev–Trinajstić information content (AvgIpc) is 2.18. The summed E-state index contributed by atoms with van der Waals surface area (Å²) < 4.78 is 4.75. The van der Waals surface area contributed by atoms with Crippen LogP contribution in [-0.4, -0.2) is 26.3 Å². The Bertz CT molecular complexity index is 364. The third-order valence-electron chi connectivity index (χ3n) is 2.60. The Morgan fingerprint density at radius 1 is 1.33 bits per heavy atom. The number of nitrogen functional groups attached to an aromatic ring is 1. The Labute approximate surface area is 93.4 Å². The van der Waals surface area contributed by atoms with E-state index in [9.17, 15) is 5.21 Å². The molecule has 1 aromatic carbocycles. The van der Waals surface area contributed by atoms with E-state index < -0.39 is 4.65 Å². The maximum absolute atomic E-state index is 12.4. The predicted molar refractivity (Wildman–Crippen MR) is 61.6 cm³/mol. The van der Waals surface area contributed by atoms with Gasteiger partial charge in [0.15, 0.2) is 5.69 Å². The van der Waals surface area contributed by atoms with E-state index in [1.165, 1.54) is 0 Å². The standard InChI is InChI=1S/C10H13ClN2O2/c11-9-7-8(12)1-2-10(9)13(14)3-5-15-6-4-13/h1-2,7H,3-6,12H2. The molecule has 1 fully saturated rings. The zero-order valence-corrected chi connectivity index (χ0v) is 9.04. The van der Waals surface area contributed by atoms with Gasteiger partial charge in [0.1, 0.15) is 18.1 Å². The van der Waals surface area contributed by atoms with Gasteiger partial charge in [0.2, 0.25) is 0 Å². The SMILES string of the molecule is Nc1ccc([N+]2([O-])CCOCC2)c(Cl)c1. The molecule has 0 amide bonds. The van der Waals surface area contributed by atoms with E-state index >= 15 is 0 Å². The van der Waals surface area contributed by atoms with Gasteiger partial charge in [0, 0.05) is 11.8 Å². The van der Waals surface area contributed by atoms with E-state index in [4.69, 9.17) is 22.1 Å². The van der Waals surface area contributed by atoms with Gasteiger partial charge in [-0.2, -0.15) is 0 Å². The zero-order valence-electron chi connectivity index (χ0n) is 8.28. The van der Waals surface area contributed by atoms with Gasteiger partial charge in [0.25, 0.3) is 0 Å². The Kier molecular flexibility index (Phi) is 2.84. The summed E-state index contributed by atoms with van der Waals surface area (Å²) in [6.07, 6.45) is 0. The molecular weight excluding hydrogens is 216 g/mol. The molecule has 0 aliphatic carbocycles. The van der Waals surface area contributed by atoms with E-state index in [0.717, 1.165) is 0 Å². The molecular formula is C10H13ClN2O2. The summed E-state index contributed by atoms with van der Waals surface area (Å²) in [6, 6.07) is 5.02. The number of nitrogens with zero attached hydrogens (tertiary/aromatic N) is 1. The summed E-state index contributed by atoms with van der Waals surface area (Å²) >= 11 is 6.02. The first-order valence-electron chi connectivity index (χ1n) is 4.83. The van der Waals surface area contributed by atoms with Gasteiger partial charge in [-0.05, 0) is 12.1 Å². The van der Waals surface area contributed by atoms with Gasteiger partial charge in [-0.3, -0.25) is 0 Å². The van der Waals surface area contributed by atoms with Crippen LogP contribution in [-0.2, 0) is 4.74 Å². The zero-order chi connectivity index (χ0) is 10.9. The van der Waals surface area contributed by atoms with Crippen molar-refractivity contribution in [3.63, 3.8) is 0 Å². The number of morpholine rings is 1. The molecule has 0 unspecified atom stereocenters. The Morgan fingerprint density at radius 2 is 2.00 bits per heavy atom. The van der Waals surface area contributed by atoms with Crippen molar-refractivity contribution in [3.8, 4) is 0 Å². The van der Waals surface area contributed by atoms with Crippen molar-refractivity contribution in [3.05, 3.63) is 28.4 Å². The molecule has 1 aliphatic heterocycles. The van der Waals surface area contributed by atoms with Crippen molar-refractivity contribution >= 4 is 23.0 Å². The van der Waals surface area contributed by atoms with Gasteiger partial charge < -0.3 is 20.3 Å². The summed E-state index contributed by atoms with van der Waals surface area (Å²) in [5.41, 5.74) is 6.73. The molecule has 2 N–H and O–H groups in total. The van der Waals surface area contributed by atoms with E-state index in [-0.39, 0.29) is 0 Å². The first kappa shape index (κ1) is 10.7. The minimum Gasteiger partial charge on any atom is -0.627 e. The highest BCUT2D eigenvalue weighted by molar-refractivity contribution is 6.33. The summed E-state index contributed by atoms with van der Waals surface area (Å²) in [6.45, 7) is 1.77. The fourth-order valence-electron chi connectivity index (χ4n) is 1.73. The Balaban J connectivity index is 2.35. The molecule has 0 aromatic heterocycles. The lowest BCUT2D eigenvalue weighted by molar-refractivity contribution is 0.0615. The monoisotopic (exact) mass is 228 g/mol. The van der Waals surface area contributed by atoms with Gasteiger partial charge in [-0.15, -0.1) is 0 Å². The molecule has 5 heteroatoms. The lowest BCUT2D eigenvalue weighted by atomic mass is 10.2. The number of ether oxygens (including phenoxy) is 1. The molecule has 82 valence electrons. The number of benzene rings is 1. The summed E-state index contributed by atoms with van der Waals surface area (Å²) in [7, 11) is 0. The fraction of sp³-hybridized carbons (Fsp3) is 0.400. The van der Waals surface area contributed by atoms with Crippen LogP contribution in [0.25, 0.3) is 0 Å². The highest BCUT2D eigenvalue weighted by Gasteiger charge is 2.26. The fourth-order valence-corrected chi connectivity index (χ4v) is 2.08. The van der Waals surface area contributed by atoms with Crippen molar-refractivity contribution < 1.29 is 4.74 Å². The third-order valence-corrected chi connectivity index (χ3v) is 2.91. The number of hydrogen-bond acceptors (Lipinski definition) is 3. The third kappa shape index (κ3) is 2.08. The molecule has 0 radical (unpaired) electrons. The second-order valence-corrected chi connectivity index (χ2v) is 4.07. The lowest BCUT2D eigenvalue weighted by Gasteiger charge is -2.44. The Morgan fingerprint density at radius 3 is 2.60 bits per heavy atom. The van der Waals surface area contributed by atoms with E-state index in [1.54, 1.807) is 18.2 Å². The summed E-state index contributed by atoms with van der Waals surface area (Å²) in [4.78, 5) is 0. The number of anilines is 1. The van der Waals surface area contributed by atoms with Crippen LogP contribution in [0.5, 0.6) is 0 Å². The van der Waals surface area contributed by atoms with Crippen LogP contribution >= 0.6 is 11.6 Å². The number of hydroxylamine groups is 2. The van der Waals surface area contributed by atoms with Crippen molar-refractivity contribution in [2.45, 2.75) is 0 Å². The molecule has 1 saturated heterocycles. The quantitative estimate of drug-likeness (QED) is 0.453. The van der Waals surface area contributed by atoms with Crippen molar-refractivity contribution in [1.29, 1.82) is 0 Å². The molecule has 2 rings (SSSR count). The number of hydrogen-bond donors (Lipinski definition) is 1. The van der Waals surface area contributed by atoms with Crippen LogP contribution in [0, 0.1) is 5.21 Å². The molecule has 4 nitrogen and oxygen atoms in total. The van der Waals surface area contributed by atoms with Crippen molar-refractivity contribution in [2.75, 3.05) is 32.0 Å². The molecule has 1 aliphatic rings. The maximum Gasteiger partial charge on any atom is 0.151 e. The first-order valence-corrected chi connectivity index (χ1v) is 5.21. The highest BCUT2D eigenvalue weighted by Crippen LogP contribution is 2.33. The highest BCUT2D eigenvalue weighted by atomic mass is 35.5. The number of nitrogens with two attached hydrogens (primary N) is 1. The van der Waals surface area contributed by atoms with Gasteiger partial charge in [-0.25, -0.2) is 0 Å². The molecule has 0 bridgehead atoms. The minimum atomic E-state index is -0.418. The van der Waals surface area contributed by atoms with Crippen molar-refractivity contribution in [1.82, 2.24) is 4.65 Å². The molecule has 0 spiro atoms. The maximum atomic E-state index is 12.4. The van der Waals surface area contributed by atoms with Gasteiger partial charge in [0.05, 0.1) is 13.2 Å². The van der Waals surface area contributed by atoms with Gasteiger partial charge in [-0.1, -0.05) is 11.6 Å². The van der Waals surface area contributed by atoms with Crippen molar-refractivity contribution in [2.24, 2.45) is 0 Å². The van der Waals surface area contributed by atoms with E-state index in [1.807, 2.05) is 0 Å². The van der Waals surface area contributed by atoms with Crippen LogP contribution in [0.15, 0.2) is 18.2 Å². The minimum absolute atomic E-state index is 0.406. The van der Waals surface area contributed by atoms with E-state index in [2.05, 4.69) is 0 Å². The second kappa shape index (κ2) is 3.98. The summed E-state index contributed by atoms with van der Waals surface area (Å²) in [5, 5.41) is 12.8. The van der Waals surface area contributed by atoms with E-state index in [0.29, 0.717) is 42.7 Å². The number of halogens is 1. The molecule has 1 aromatic rings. The summed E-state index contributed by atoms with van der Waals surface area (Å²) in [5.74, 6) is 0. The predicted octanol–water partition coefficient (Wildman–Crippen LogP) is 1.76. The van der Waals surface area contributed by atoms with Crippen LogP contribution < -0.4 is 10.4 Å². The molecule has 1 heterocycles. The smallest absolute Gasteiger partial charge is 0.151 e. The second-order valence-electron chi connectivity index (χ2n) is 3.66. The lowest BCUT2D eigenvalue weighted by Crippen LogP contribution is -2.51. The number of quaternary nitrogens is 1. The Hall–Kier alpha value is -0.810. The van der Waals surface area contributed by atoms with Crippen LogP contribution in [0.4, 0.5) is 11.4 Å². The first-order chi connectivity index (χ1) is 7.12. The molecule has 0 atom stereocenters. The molecule has 0 saturated carbocycles. The van der Waals surface area contributed by atoms with Crippen LogP contribution in [0.3, 0.4) is 0 Å².